The fourth-order valence-electron chi connectivity index (χ4n) is 3.14. The molecule has 3 N–H and O–H groups in total. The third kappa shape index (κ3) is 6.99. The van der Waals surface area contributed by atoms with Crippen molar-refractivity contribution < 1.29 is 23.9 Å². The molecule has 0 saturated carbocycles. The molecule has 1 saturated heterocycles. The first-order valence-corrected chi connectivity index (χ1v) is 11.2. The van der Waals surface area contributed by atoms with Gasteiger partial charge in [-0.2, -0.15) is 0 Å². The molecule has 1 atom stereocenters. The average molecular weight is 564 g/mol. The monoisotopic (exact) mass is 563 g/mol. The van der Waals surface area contributed by atoms with E-state index >= 15 is 0 Å². The average Bonchev–Trinajstić information content (AvgIpc) is 2.73. The summed E-state index contributed by atoms with van der Waals surface area (Å²) in [4.78, 5) is 19.9. The summed E-state index contributed by atoms with van der Waals surface area (Å²) >= 11 is 8.10. The summed E-state index contributed by atoms with van der Waals surface area (Å²) in [5, 5.41) is 13.0. The first kappa shape index (κ1) is 24.1. The summed E-state index contributed by atoms with van der Waals surface area (Å²) in [5.74, 6) is -1.25. The SMILES string of the molecule is Cc1cc(I)ccc1Nc1cc(F)c(Cl)cc1C(=O)NOCC(O)CN1CCOCC1. The zero-order chi connectivity index (χ0) is 22.4. The van der Waals surface area contributed by atoms with Gasteiger partial charge in [0.05, 0.1) is 35.6 Å². The number of ether oxygens (including phenoxy) is 1. The number of nitrogens with zero attached hydrogens (tertiary/aromatic N) is 1. The maximum absolute atomic E-state index is 14.1. The molecule has 1 amide bonds. The largest absolute Gasteiger partial charge is 0.389 e. The van der Waals surface area contributed by atoms with E-state index in [9.17, 15) is 14.3 Å². The first-order chi connectivity index (χ1) is 14.8. The fraction of sp³-hybridized carbons (Fsp3) is 0.381. The number of morpholine rings is 1. The maximum atomic E-state index is 14.1. The number of hydrogen-bond donors (Lipinski definition) is 3. The van der Waals surface area contributed by atoms with Crippen LogP contribution in [0.25, 0.3) is 0 Å². The Balaban J connectivity index is 1.63. The van der Waals surface area contributed by atoms with Crippen LogP contribution in [0.5, 0.6) is 0 Å². The van der Waals surface area contributed by atoms with E-state index in [1.165, 1.54) is 12.1 Å². The maximum Gasteiger partial charge on any atom is 0.277 e. The number of halogens is 3. The van der Waals surface area contributed by atoms with Gasteiger partial charge < -0.3 is 15.2 Å². The number of hydroxylamine groups is 1. The number of aliphatic hydroxyl groups excluding tert-OH is 1. The van der Waals surface area contributed by atoms with Gasteiger partial charge in [-0.15, -0.1) is 0 Å². The molecular weight excluding hydrogens is 540 g/mol. The Morgan fingerprint density at radius 1 is 1.32 bits per heavy atom. The van der Waals surface area contributed by atoms with Gasteiger partial charge >= 0.3 is 0 Å². The summed E-state index contributed by atoms with van der Waals surface area (Å²) in [6, 6.07) is 8.13. The van der Waals surface area contributed by atoms with E-state index in [-0.39, 0.29) is 22.9 Å². The minimum absolute atomic E-state index is 0.0863. The van der Waals surface area contributed by atoms with E-state index in [0.717, 1.165) is 27.9 Å². The Kier molecular flexibility index (Phi) is 8.87. The quantitative estimate of drug-likeness (QED) is 0.337. The fourth-order valence-corrected chi connectivity index (χ4v) is 3.95. The lowest BCUT2D eigenvalue weighted by atomic mass is 10.1. The molecule has 0 aliphatic carbocycles. The van der Waals surface area contributed by atoms with Crippen molar-refractivity contribution in [3.05, 3.63) is 55.9 Å². The van der Waals surface area contributed by atoms with Crippen LogP contribution < -0.4 is 10.8 Å². The highest BCUT2D eigenvalue weighted by Crippen LogP contribution is 2.29. The summed E-state index contributed by atoms with van der Waals surface area (Å²) < 4.78 is 20.4. The lowest BCUT2D eigenvalue weighted by molar-refractivity contribution is -0.0362. The number of carbonyl (C=O) groups excluding carboxylic acids is 1. The van der Waals surface area contributed by atoms with E-state index in [1.54, 1.807) is 0 Å². The minimum Gasteiger partial charge on any atom is -0.389 e. The first-order valence-electron chi connectivity index (χ1n) is 9.76. The van der Waals surface area contributed by atoms with Gasteiger partial charge in [-0.1, -0.05) is 11.6 Å². The molecular formula is C21H24ClFIN3O4. The van der Waals surface area contributed by atoms with Crippen molar-refractivity contribution in [3.8, 4) is 0 Å². The molecule has 3 rings (SSSR count). The van der Waals surface area contributed by atoms with Crippen molar-refractivity contribution in [2.24, 2.45) is 0 Å². The molecule has 0 aromatic heterocycles. The van der Waals surface area contributed by atoms with Crippen LogP contribution in [0.3, 0.4) is 0 Å². The van der Waals surface area contributed by atoms with Gasteiger partial charge in [-0.3, -0.25) is 14.5 Å². The number of nitrogens with one attached hydrogen (secondary N) is 2. The van der Waals surface area contributed by atoms with Crippen LogP contribution in [-0.2, 0) is 9.57 Å². The normalized spacial score (nSPS) is 15.5. The van der Waals surface area contributed by atoms with Gasteiger partial charge in [0.25, 0.3) is 5.91 Å². The molecule has 0 radical (unpaired) electrons. The van der Waals surface area contributed by atoms with E-state index in [2.05, 4.69) is 38.3 Å². The van der Waals surface area contributed by atoms with Crippen molar-refractivity contribution in [3.63, 3.8) is 0 Å². The van der Waals surface area contributed by atoms with Crippen molar-refractivity contribution in [1.82, 2.24) is 10.4 Å². The second-order valence-corrected chi connectivity index (χ2v) is 8.86. The number of aliphatic hydroxyl groups is 1. The third-order valence-corrected chi connectivity index (χ3v) is 5.74. The topological polar surface area (TPSA) is 83.1 Å². The van der Waals surface area contributed by atoms with Gasteiger partial charge in [-0.05, 0) is 65.4 Å². The highest BCUT2D eigenvalue weighted by atomic mass is 127. The molecule has 2 aromatic rings. The Hall–Kier alpha value is -1.50. The molecule has 1 fully saturated rings. The Morgan fingerprint density at radius 3 is 2.77 bits per heavy atom. The number of anilines is 2. The van der Waals surface area contributed by atoms with Crippen LogP contribution in [0.15, 0.2) is 30.3 Å². The number of amides is 1. The number of hydrogen-bond acceptors (Lipinski definition) is 6. The van der Waals surface area contributed by atoms with E-state index < -0.39 is 17.8 Å². The standard InChI is InChI=1S/C21H24ClFIN3O4/c1-13-8-14(24)2-3-19(13)25-20-10-18(23)17(22)9-16(20)21(29)26-31-12-15(28)11-27-4-6-30-7-5-27/h2-3,8-10,15,25,28H,4-7,11-12H2,1H3,(H,26,29). The van der Waals surface area contributed by atoms with Crippen LogP contribution in [0.2, 0.25) is 5.02 Å². The lowest BCUT2D eigenvalue weighted by Crippen LogP contribution is -2.42. The number of carbonyl (C=O) groups is 1. The lowest BCUT2D eigenvalue weighted by Gasteiger charge is -2.28. The van der Waals surface area contributed by atoms with Crippen molar-refractivity contribution in [2.45, 2.75) is 13.0 Å². The van der Waals surface area contributed by atoms with Crippen molar-refractivity contribution in [2.75, 3.05) is 44.8 Å². The second kappa shape index (κ2) is 11.4. The third-order valence-electron chi connectivity index (χ3n) is 4.78. The smallest absolute Gasteiger partial charge is 0.277 e. The van der Waals surface area contributed by atoms with Crippen LogP contribution in [0.4, 0.5) is 15.8 Å². The highest BCUT2D eigenvalue weighted by molar-refractivity contribution is 14.1. The zero-order valence-corrected chi connectivity index (χ0v) is 19.9. The number of rotatable bonds is 8. The molecule has 0 spiro atoms. The Morgan fingerprint density at radius 2 is 2.06 bits per heavy atom. The predicted octanol–water partition coefficient (Wildman–Crippen LogP) is 3.49. The van der Waals surface area contributed by atoms with Gasteiger partial charge in [0.15, 0.2) is 0 Å². The number of aryl methyl sites for hydroxylation is 1. The van der Waals surface area contributed by atoms with E-state index in [1.807, 2.05) is 25.1 Å². The van der Waals surface area contributed by atoms with E-state index in [4.69, 9.17) is 21.2 Å². The molecule has 1 unspecified atom stereocenters. The minimum atomic E-state index is -0.776. The van der Waals surface area contributed by atoms with Crippen molar-refractivity contribution in [1.29, 1.82) is 0 Å². The van der Waals surface area contributed by atoms with E-state index in [0.29, 0.717) is 19.8 Å². The molecule has 10 heteroatoms. The Bertz CT molecular complexity index is 928. The van der Waals surface area contributed by atoms with Gasteiger partial charge in [0.2, 0.25) is 0 Å². The molecule has 2 aromatic carbocycles. The van der Waals surface area contributed by atoms with Gasteiger partial charge in [-0.25, -0.2) is 9.87 Å². The van der Waals surface area contributed by atoms with Crippen LogP contribution in [-0.4, -0.2) is 61.5 Å². The van der Waals surface area contributed by atoms with Gasteiger partial charge in [0.1, 0.15) is 12.4 Å². The van der Waals surface area contributed by atoms with Crippen LogP contribution in [0.1, 0.15) is 15.9 Å². The summed E-state index contributed by atoms with van der Waals surface area (Å²) in [5.41, 5.74) is 4.34. The molecule has 7 nitrogen and oxygen atoms in total. The molecule has 1 aliphatic rings. The molecule has 31 heavy (non-hydrogen) atoms. The number of benzene rings is 2. The highest BCUT2D eigenvalue weighted by Gasteiger charge is 2.18. The molecule has 168 valence electrons. The second-order valence-electron chi connectivity index (χ2n) is 7.21. The number of β-amino-alcohol motifs (C(OH)–C–C–N with tert-alkyl or cyclic N) is 1. The van der Waals surface area contributed by atoms with Gasteiger partial charge in [0, 0.05) is 28.9 Å². The summed E-state index contributed by atoms with van der Waals surface area (Å²) in [6.45, 7) is 4.98. The summed E-state index contributed by atoms with van der Waals surface area (Å²) in [6.07, 6.45) is -0.776. The molecule has 1 aliphatic heterocycles. The Labute approximate surface area is 198 Å². The van der Waals surface area contributed by atoms with Crippen LogP contribution >= 0.6 is 34.2 Å². The molecule has 1 heterocycles. The summed E-state index contributed by atoms with van der Waals surface area (Å²) in [7, 11) is 0. The van der Waals surface area contributed by atoms with Crippen LogP contribution in [0, 0.1) is 16.3 Å². The molecule has 0 bridgehead atoms. The zero-order valence-electron chi connectivity index (χ0n) is 17.0. The van der Waals surface area contributed by atoms with Crippen molar-refractivity contribution >= 4 is 51.5 Å². The predicted molar refractivity (Wildman–Crippen MR) is 125 cm³/mol.